The summed E-state index contributed by atoms with van der Waals surface area (Å²) in [6, 6.07) is 11.7. The van der Waals surface area contributed by atoms with Crippen molar-refractivity contribution in [2.75, 3.05) is 24.7 Å². The molecule has 1 N–H and O–H groups in total. The summed E-state index contributed by atoms with van der Waals surface area (Å²) in [5, 5.41) is 3.45. The minimum Gasteiger partial charge on any atom is -0.338 e. The number of carbonyl (C=O) groups excluding carboxylic acids is 2. The van der Waals surface area contributed by atoms with Crippen LogP contribution in [-0.2, 0) is 21.1 Å². The Balaban J connectivity index is 1.44. The van der Waals surface area contributed by atoms with E-state index in [-0.39, 0.29) is 22.6 Å². The zero-order valence-corrected chi connectivity index (χ0v) is 19.7. The fourth-order valence-corrected chi connectivity index (χ4v) is 4.76. The van der Waals surface area contributed by atoms with Gasteiger partial charge in [0, 0.05) is 48.6 Å². The maximum Gasteiger partial charge on any atom is 0.253 e. The molecule has 3 aromatic rings. The molecule has 2 aromatic carbocycles. The molecule has 1 fully saturated rings. The highest BCUT2D eigenvalue weighted by atomic mass is 32.2. The van der Waals surface area contributed by atoms with Crippen molar-refractivity contribution in [3.8, 4) is 0 Å². The Morgan fingerprint density at radius 2 is 1.97 bits per heavy atom. The maximum absolute atomic E-state index is 13.0. The van der Waals surface area contributed by atoms with Crippen LogP contribution < -0.4 is 5.32 Å². The van der Waals surface area contributed by atoms with Crippen LogP contribution >= 0.6 is 0 Å². The van der Waals surface area contributed by atoms with Crippen LogP contribution in [-0.4, -0.2) is 54.4 Å². The van der Waals surface area contributed by atoms with E-state index >= 15 is 0 Å². The molecule has 176 valence electrons. The molecule has 2 amide bonds. The molecule has 9 heteroatoms. The largest absolute Gasteiger partial charge is 0.338 e. The Hall–Kier alpha value is -3.59. The van der Waals surface area contributed by atoms with Crippen molar-refractivity contribution in [2.24, 2.45) is 5.92 Å². The van der Waals surface area contributed by atoms with Crippen molar-refractivity contribution in [1.29, 1.82) is 0 Å². The van der Waals surface area contributed by atoms with Gasteiger partial charge in [0.25, 0.3) is 5.91 Å². The molecule has 1 aliphatic heterocycles. The van der Waals surface area contributed by atoms with E-state index in [1.54, 1.807) is 48.7 Å². The third kappa shape index (κ3) is 5.48. The van der Waals surface area contributed by atoms with E-state index in [4.69, 9.17) is 0 Å². The lowest BCUT2D eigenvalue weighted by molar-refractivity contribution is -0.111. The number of benzene rings is 2. The number of piperidine rings is 1. The van der Waals surface area contributed by atoms with Gasteiger partial charge in [0.1, 0.15) is 5.82 Å². The topological polar surface area (TPSA) is 109 Å². The first-order chi connectivity index (χ1) is 16.2. The van der Waals surface area contributed by atoms with Crippen LogP contribution in [0.25, 0.3) is 10.9 Å². The highest BCUT2D eigenvalue weighted by Crippen LogP contribution is 2.23. The van der Waals surface area contributed by atoms with Crippen molar-refractivity contribution in [3.05, 3.63) is 72.7 Å². The summed E-state index contributed by atoms with van der Waals surface area (Å²) in [7, 11) is -3.32. The van der Waals surface area contributed by atoms with Crippen molar-refractivity contribution >= 4 is 38.2 Å². The summed E-state index contributed by atoms with van der Waals surface area (Å²) in [5.74, 6) is 0.490. The van der Waals surface area contributed by atoms with Gasteiger partial charge < -0.3 is 10.2 Å². The molecular formula is C25H26N4O4S. The first-order valence-corrected chi connectivity index (χ1v) is 12.9. The van der Waals surface area contributed by atoms with Gasteiger partial charge in [-0.15, -0.1) is 0 Å². The van der Waals surface area contributed by atoms with Crippen molar-refractivity contribution in [3.63, 3.8) is 0 Å². The van der Waals surface area contributed by atoms with E-state index in [9.17, 15) is 18.0 Å². The summed E-state index contributed by atoms with van der Waals surface area (Å²) >= 11 is 0. The Labute approximate surface area is 198 Å². The molecule has 1 aromatic heterocycles. The molecule has 0 unspecified atom stereocenters. The van der Waals surface area contributed by atoms with Crippen LogP contribution in [0.3, 0.4) is 0 Å². The van der Waals surface area contributed by atoms with Gasteiger partial charge in [0.15, 0.2) is 9.84 Å². The van der Waals surface area contributed by atoms with E-state index in [0.717, 1.165) is 18.2 Å². The van der Waals surface area contributed by atoms with Gasteiger partial charge in [0.2, 0.25) is 5.91 Å². The second kappa shape index (κ2) is 9.72. The molecule has 0 spiro atoms. The molecule has 1 atom stereocenters. The van der Waals surface area contributed by atoms with Gasteiger partial charge in [-0.25, -0.2) is 18.4 Å². The molecule has 0 saturated carbocycles. The molecule has 0 bridgehead atoms. The number of anilines is 1. The van der Waals surface area contributed by atoms with Crippen LogP contribution in [0.15, 0.2) is 66.2 Å². The number of nitrogens with zero attached hydrogens (tertiary/aromatic N) is 3. The summed E-state index contributed by atoms with van der Waals surface area (Å²) in [6.07, 6.45) is 6.53. The Morgan fingerprint density at radius 1 is 1.21 bits per heavy atom. The number of hydrogen-bond donors (Lipinski definition) is 1. The standard InChI is InChI=1S/C25H26N4O4S/c1-3-24(30)27-20-9-6-18(7-10-20)25(31)29-12-4-5-17(16-29)13-23-26-15-19-8-11-21(34(2,32)33)14-22(19)28-23/h3,6-11,14-15,17H,1,4-5,12-13,16H2,2H3,(H,27,30)/t17-/m0/s1. The van der Waals surface area contributed by atoms with E-state index in [1.807, 2.05) is 4.90 Å². The quantitative estimate of drug-likeness (QED) is 0.545. The molecule has 1 aliphatic rings. The van der Waals surface area contributed by atoms with Crippen molar-refractivity contribution in [2.45, 2.75) is 24.2 Å². The fraction of sp³-hybridized carbons (Fsp3) is 0.280. The average Bonchev–Trinajstić information content (AvgIpc) is 2.83. The second-order valence-electron chi connectivity index (χ2n) is 8.51. The second-order valence-corrected chi connectivity index (χ2v) is 10.5. The van der Waals surface area contributed by atoms with Crippen LogP contribution in [0.2, 0.25) is 0 Å². The predicted octanol–water partition coefficient (Wildman–Crippen LogP) is 3.25. The van der Waals surface area contributed by atoms with E-state index < -0.39 is 9.84 Å². The van der Waals surface area contributed by atoms with Crippen molar-refractivity contribution in [1.82, 2.24) is 14.9 Å². The SMILES string of the molecule is C=CC(=O)Nc1ccc(C(=O)N2CCC[C@@H](Cc3ncc4ccc(S(C)(=O)=O)cc4n3)C2)cc1. The van der Waals surface area contributed by atoms with Gasteiger partial charge in [-0.3, -0.25) is 9.59 Å². The molecule has 1 saturated heterocycles. The van der Waals surface area contributed by atoms with Gasteiger partial charge in [-0.1, -0.05) is 6.58 Å². The van der Waals surface area contributed by atoms with Crippen LogP contribution in [0.5, 0.6) is 0 Å². The number of fused-ring (bicyclic) bond motifs is 1. The lowest BCUT2D eigenvalue weighted by atomic mass is 9.94. The summed E-state index contributed by atoms with van der Waals surface area (Å²) in [5.41, 5.74) is 1.76. The van der Waals surface area contributed by atoms with Gasteiger partial charge in [-0.2, -0.15) is 0 Å². The molecule has 0 radical (unpaired) electrons. The third-order valence-electron chi connectivity index (χ3n) is 5.89. The number of amides is 2. The highest BCUT2D eigenvalue weighted by molar-refractivity contribution is 7.90. The number of aromatic nitrogens is 2. The van der Waals surface area contributed by atoms with Gasteiger partial charge >= 0.3 is 0 Å². The lowest BCUT2D eigenvalue weighted by Gasteiger charge is -2.32. The molecule has 4 rings (SSSR count). The van der Waals surface area contributed by atoms with Crippen LogP contribution in [0.4, 0.5) is 5.69 Å². The molecule has 2 heterocycles. The predicted molar refractivity (Wildman–Crippen MR) is 130 cm³/mol. The monoisotopic (exact) mass is 478 g/mol. The van der Waals surface area contributed by atoms with E-state index in [1.165, 1.54) is 12.3 Å². The number of carbonyl (C=O) groups is 2. The third-order valence-corrected chi connectivity index (χ3v) is 7.00. The highest BCUT2D eigenvalue weighted by Gasteiger charge is 2.25. The number of likely N-dealkylation sites (tertiary alicyclic amines) is 1. The normalized spacial score (nSPS) is 16.3. The minimum atomic E-state index is -3.32. The molecular weight excluding hydrogens is 452 g/mol. The maximum atomic E-state index is 13.0. The van der Waals surface area contributed by atoms with Crippen molar-refractivity contribution < 1.29 is 18.0 Å². The van der Waals surface area contributed by atoms with Crippen LogP contribution in [0, 0.1) is 5.92 Å². The first-order valence-electron chi connectivity index (χ1n) is 11.0. The molecule has 8 nitrogen and oxygen atoms in total. The smallest absolute Gasteiger partial charge is 0.253 e. The number of rotatable bonds is 6. The summed E-state index contributed by atoms with van der Waals surface area (Å²) in [6.45, 7) is 4.70. The zero-order chi connectivity index (χ0) is 24.3. The Morgan fingerprint density at radius 3 is 2.68 bits per heavy atom. The lowest BCUT2D eigenvalue weighted by Crippen LogP contribution is -2.40. The zero-order valence-electron chi connectivity index (χ0n) is 18.9. The van der Waals surface area contributed by atoms with E-state index in [2.05, 4.69) is 21.9 Å². The van der Waals surface area contributed by atoms with E-state index in [0.29, 0.717) is 42.1 Å². The summed E-state index contributed by atoms with van der Waals surface area (Å²) < 4.78 is 23.7. The number of nitrogens with one attached hydrogen (secondary N) is 1. The Bertz CT molecular complexity index is 1350. The fourth-order valence-electron chi connectivity index (χ4n) is 4.12. The average molecular weight is 479 g/mol. The molecule has 34 heavy (non-hydrogen) atoms. The minimum absolute atomic E-state index is 0.0523. The van der Waals surface area contributed by atoms with Gasteiger partial charge in [-0.05, 0) is 67.3 Å². The van der Waals surface area contributed by atoms with Gasteiger partial charge in [0.05, 0.1) is 10.4 Å². The van der Waals surface area contributed by atoms with Crippen LogP contribution in [0.1, 0.15) is 29.0 Å². The molecule has 0 aliphatic carbocycles. The number of hydrogen-bond acceptors (Lipinski definition) is 6. The summed E-state index contributed by atoms with van der Waals surface area (Å²) in [4.78, 5) is 35.6. The number of sulfone groups is 1. The first kappa shape index (κ1) is 23.6. The Kier molecular flexibility index (Phi) is 6.74.